The van der Waals surface area contributed by atoms with Crippen LogP contribution in [0.3, 0.4) is 0 Å². The first kappa shape index (κ1) is 15.9. The minimum atomic E-state index is -0.536. The molecule has 3 aromatic rings. The van der Waals surface area contributed by atoms with Crippen molar-refractivity contribution in [3.05, 3.63) is 44.7 Å². The van der Waals surface area contributed by atoms with Crippen LogP contribution in [0.5, 0.6) is 11.6 Å². The SMILES string of the molecule is Cc1ccc(Oc2ncnc3sc4c(c23)CCC(C)C4)c([N+](=O)[O-])n1. The zero-order valence-corrected chi connectivity index (χ0v) is 14.7. The normalized spacial score (nSPS) is 16.6. The molecule has 7 nitrogen and oxygen atoms in total. The number of nitrogens with zero attached hydrogens (tertiary/aromatic N) is 4. The summed E-state index contributed by atoms with van der Waals surface area (Å²) in [4.78, 5) is 25.5. The number of aromatic nitrogens is 3. The molecule has 3 heterocycles. The summed E-state index contributed by atoms with van der Waals surface area (Å²) >= 11 is 1.66. The summed E-state index contributed by atoms with van der Waals surface area (Å²) in [6, 6.07) is 3.25. The molecule has 3 aromatic heterocycles. The first-order valence-corrected chi connectivity index (χ1v) is 8.89. The third-order valence-corrected chi connectivity index (χ3v) is 5.58. The summed E-state index contributed by atoms with van der Waals surface area (Å²) in [7, 11) is 0. The van der Waals surface area contributed by atoms with E-state index in [1.54, 1.807) is 30.4 Å². The molecule has 1 aliphatic rings. The van der Waals surface area contributed by atoms with E-state index in [-0.39, 0.29) is 11.6 Å². The zero-order valence-electron chi connectivity index (χ0n) is 13.9. The van der Waals surface area contributed by atoms with Crippen molar-refractivity contribution in [3.63, 3.8) is 0 Å². The lowest BCUT2D eigenvalue weighted by atomic mass is 9.89. The molecule has 1 aliphatic carbocycles. The maximum Gasteiger partial charge on any atom is 0.407 e. The number of fused-ring (bicyclic) bond motifs is 3. The van der Waals surface area contributed by atoms with Gasteiger partial charge in [0.15, 0.2) is 0 Å². The lowest BCUT2D eigenvalue weighted by Crippen LogP contribution is -2.08. The van der Waals surface area contributed by atoms with Crippen molar-refractivity contribution >= 4 is 27.4 Å². The molecule has 0 bridgehead atoms. The van der Waals surface area contributed by atoms with Gasteiger partial charge in [0.05, 0.1) is 5.39 Å². The Kier molecular flexibility index (Phi) is 3.84. The van der Waals surface area contributed by atoms with E-state index < -0.39 is 4.92 Å². The van der Waals surface area contributed by atoms with Crippen molar-refractivity contribution in [2.75, 3.05) is 0 Å². The van der Waals surface area contributed by atoms with E-state index in [2.05, 4.69) is 21.9 Å². The van der Waals surface area contributed by atoms with Gasteiger partial charge in [-0.15, -0.1) is 11.3 Å². The molecule has 0 aromatic carbocycles. The Morgan fingerprint density at radius 2 is 2.20 bits per heavy atom. The molecule has 1 atom stereocenters. The fraction of sp³-hybridized carbons (Fsp3) is 0.353. The maximum absolute atomic E-state index is 11.3. The molecule has 128 valence electrons. The van der Waals surface area contributed by atoms with Crippen molar-refractivity contribution in [2.24, 2.45) is 5.92 Å². The van der Waals surface area contributed by atoms with Gasteiger partial charge in [0.2, 0.25) is 11.6 Å². The Balaban J connectivity index is 1.82. The van der Waals surface area contributed by atoms with Crippen molar-refractivity contribution in [1.29, 1.82) is 0 Å². The van der Waals surface area contributed by atoms with Crippen molar-refractivity contribution in [2.45, 2.75) is 33.1 Å². The van der Waals surface area contributed by atoms with Crippen LogP contribution < -0.4 is 4.74 Å². The number of pyridine rings is 1. The average molecular weight is 356 g/mol. The minimum absolute atomic E-state index is 0.0970. The molecule has 1 unspecified atom stereocenters. The standard InChI is InChI=1S/C17H16N4O3S/c1-9-3-5-11-13(7-9)25-17-14(11)16(18-8-19-17)24-12-6-4-10(2)20-15(12)21(22)23/h4,6,8-9H,3,5,7H2,1-2H3. The summed E-state index contributed by atoms with van der Waals surface area (Å²) in [5.41, 5.74) is 1.78. The number of hydrogen-bond acceptors (Lipinski definition) is 7. The van der Waals surface area contributed by atoms with E-state index in [4.69, 9.17) is 4.74 Å². The summed E-state index contributed by atoms with van der Waals surface area (Å²) in [6.45, 7) is 3.95. The molecule has 0 saturated carbocycles. The molecular weight excluding hydrogens is 340 g/mol. The van der Waals surface area contributed by atoms with Crippen molar-refractivity contribution in [3.8, 4) is 11.6 Å². The van der Waals surface area contributed by atoms with Gasteiger partial charge in [-0.1, -0.05) is 6.92 Å². The summed E-state index contributed by atoms with van der Waals surface area (Å²) in [5.74, 6) is 0.815. The van der Waals surface area contributed by atoms with E-state index in [9.17, 15) is 10.1 Å². The number of ether oxygens (including phenoxy) is 1. The second-order valence-corrected chi connectivity index (χ2v) is 7.43. The van der Waals surface area contributed by atoms with E-state index in [0.29, 0.717) is 17.5 Å². The highest BCUT2D eigenvalue weighted by molar-refractivity contribution is 7.18. The number of nitro groups is 1. The highest BCUT2D eigenvalue weighted by Crippen LogP contribution is 2.42. The molecule has 4 rings (SSSR count). The lowest BCUT2D eigenvalue weighted by Gasteiger charge is -2.18. The highest BCUT2D eigenvalue weighted by atomic mass is 32.1. The third-order valence-electron chi connectivity index (χ3n) is 4.42. The first-order valence-electron chi connectivity index (χ1n) is 8.08. The van der Waals surface area contributed by atoms with Crippen LogP contribution in [0.15, 0.2) is 18.5 Å². The Bertz CT molecular complexity index is 985. The van der Waals surface area contributed by atoms with Gasteiger partial charge in [0.1, 0.15) is 16.9 Å². The van der Waals surface area contributed by atoms with Crippen LogP contribution in [-0.2, 0) is 12.8 Å². The predicted molar refractivity (Wildman–Crippen MR) is 94.3 cm³/mol. The Morgan fingerprint density at radius 3 is 3.00 bits per heavy atom. The molecule has 0 amide bonds. The summed E-state index contributed by atoms with van der Waals surface area (Å²) in [6.07, 6.45) is 4.53. The van der Waals surface area contributed by atoms with Gasteiger partial charge in [-0.2, -0.15) is 0 Å². The first-order chi connectivity index (χ1) is 12.0. The second-order valence-electron chi connectivity index (χ2n) is 6.34. The van der Waals surface area contributed by atoms with Crippen LogP contribution in [-0.4, -0.2) is 19.9 Å². The smallest absolute Gasteiger partial charge is 0.407 e. The quantitative estimate of drug-likeness (QED) is 0.515. The van der Waals surface area contributed by atoms with Gasteiger partial charge in [-0.05, 0) is 52.8 Å². The highest BCUT2D eigenvalue weighted by Gasteiger charge is 2.25. The van der Waals surface area contributed by atoms with Crippen LogP contribution >= 0.6 is 11.3 Å². The number of thiophene rings is 1. The fourth-order valence-electron chi connectivity index (χ4n) is 3.17. The molecule has 0 aliphatic heterocycles. The van der Waals surface area contributed by atoms with Gasteiger partial charge >= 0.3 is 5.82 Å². The van der Waals surface area contributed by atoms with Crippen LogP contribution in [0.1, 0.15) is 29.5 Å². The molecule has 0 spiro atoms. The Hall–Kier alpha value is -2.61. The van der Waals surface area contributed by atoms with Crippen molar-refractivity contribution < 1.29 is 9.66 Å². The zero-order chi connectivity index (χ0) is 17.6. The second kappa shape index (κ2) is 6.03. The van der Waals surface area contributed by atoms with Gasteiger partial charge < -0.3 is 14.9 Å². The van der Waals surface area contributed by atoms with E-state index in [1.165, 1.54) is 16.8 Å². The number of rotatable bonds is 3. The van der Waals surface area contributed by atoms with Crippen molar-refractivity contribution in [1.82, 2.24) is 15.0 Å². The van der Waals surface area contributed by atoms with Crippen LogP contribution in [0.2, 0.25) is 0 Å². The number of hydrogen-bond donors (Lipinski definition) is 0. The topological polar surface area (TPSA) is 91.0 Å². The van der Waals surface area contributed by atoms with Gasteiger partial charge in [0.25, 0.3) is 0 Å². The van der Waals surface area contributed by atoms with Crippen LogP contribution in [0.25, 0.3) is 10.2 Å². The molecule has 25 heavy (non-hydrogen) atoms. The van der Waals surface area contributed by atoms with Crippen LogP contribution in [0.4, 0.5) is 5.82 Å². The number of aryl methyl sites for hydroxylation is 2. The molecular formula is C17H16N4O3S. The summed E-state index contributed by atoms with van der Waals surface area (Å²) < 4.78 is 5.84. The maximum atomic E-state index is 11.3. The monoisotopic (exact) mass is 356 g/mol. The molecule has 0 radical (unpaired) electrons. The molecule has 0 saturated heterocycles. The van der Waals surface area contributed by atoms with Crippen LogP contribution in [0, 0.1) is 23.0 Å². The molecule has 8 heteroatoms. The Labute approximate surface area is 147 Å². The van der Waals surface area contributed by atoms with E-state index in [1.807, 2.05) is 0 Å². The van der Waals surface area contributed by atoms with Gasteiger partial charge in [-0.3, -0.25) is 0 Å². The van der Waals surface area contributed by atoms with E-state index >= 15 is 0 Å². The van der Waals surface area contributed by atoms with E-state index in [0.717, 1.165) is 29.5 Å². The Morgan fingerprint density at radius 1 is 1.36 bits per heavy atom. The predicted octanol–water partition coefficient (Wildman–Crippen LogP) is 4.22. The fourth-order valence-corrected chi connectivity index (χ4v) is 4.51. The summed E-state index contributed by atoms with van der Waals surface area (Å²) in [5, 5.41) is 12.2. The molecule has 0 N–H and O–H groups in total. The largest absolute Gasteiger partial charge is 0.429 e. The third kappa shape index (κ3) is 2.82. The van der Waals surface area contributed by atoms with Gasteiger partial charge in [-0.25, -0.2) is 9.97 Å². The minimum Gasteiger partial charge on any atom is -0.429 e. The average Bonchev–Trinajstić information content (AvgIpc) is 2.94. The lowest BCUT2D eigenvalue weighted by molar-refractivity contribution is -0.390. The molecule has 0 fully saturated rings. The van der Waals surface area contributed by atoms with Gasteiger partial charge in [0, 0.05) is 11.8 Å².